The van der Waals surface area contributed by atoms with Crippen molar-refractivity contribution < 1.29 is 14.3 Å². The number of benzene rings is 1. The van der Waals surface area contributed by atoms with Gasteiger partial charge in [-0.3, -0.25) is 9.69 Å². The van der Waals surface area contributed by atoms with Gasteiger partial charge in [0.15, 0.2) is 0 Å². The summed E-state index contributed by atoms with van der Waals surface area (Å²) < 4.78 is 11.7. The molecular formula is C18H26N2O3S. The molecule has 0 radical (unpaired) electrons. The summed E-state index contributed by atoms with van der Waals surface area (Å²) in [5.41, 5.74) is 1.24. The minimum absolute atomic E-state index is 0.0527. The Morgan fingerprint density at radius 3 is 2.88 bits per heavy atom. The average molecular weight is 350 g/mol. The number of nitrogens with zero attached hydrogens (tertiary/aromatic N) is 2. The quantitative estimate of drug-likeness (QED) is 0.781. The minimum Gasteiger partial charge on any atom is -0.375 e. The third kappa shape index (κ3) is 4.72. The topological polar surface area (TPSA) is 42.0 Å². The van der Waals surface area contributed by atoms with Crippen LogP contribution in [0.1, 0.15) is 18.4 Å². The highest BCUT2D eigenvalue weighted by molar-refractivity contribution is 8.13. The fourth-order valence-corrected chi connectivity index (χ4v) is 3.89. The first-order valence-electron chi connectivity index (χ1n) is 8.55. The second-order valence-corrected chi connectivity index (χ2v) is 7.63. The predicted molar refractivity (Wildman–Crippen MR) is 95.4 cm³/mol. The molecule has 2 atom stereocenters. The summed E-state index contributed by atoms with van der Waals surface area (Å²) in [6.07, 6.45) is 2.70. The monoisotopic (exact) mass is 350 g/mol. The first-order chi connectivity index (χ1) is 11.6. The molecule has 1 aromatic carbocycles. The zero-order valence-electron chi connectivity index (χ0n) is 14.4. The number of rotatable bonds is 4. The van der Waals surface area contributed by atoms with Gasteiger partial charge < -0.3 is 14.4 Å². The maximum atomic E-state index is 11.9. The summed E-state index contributed by atoms with van der Waals surface area (Å²) in [6, 6.07) is 8.26. The standard InChI is InChI=1S/C18H26N2O3S/c1-19(2)18(21)24-15-6-3-5-14(11-15)12-20-8-10-23-17(13-20)16-7-4-9-22-16/h3,5-6,11,16-17H,4,7-10,12-13H2,1-2H3/t16-,17+/m1/s1. The van der Waals surface area contributed by atoms with Crippen molar-refractivity contribution in [2.24, 2.45) is 0 Å². The van der Waals surface area contributed by atoms with Crippen LogP contribution in [0, 0.1) is 0 Å². The molecule has 6 heteroatoms. The summed E-state index contributed by atoms with van der Waals surface area (Å²) >= 11 is 1.27. The largest absolute Gasteiger partial charge is 0.375 e. The number of morpholine rings is 1. The molecule has 0 aliphatic carbocycles. The van der Waals surface area contributed by atoms with E-state index in [9.17, 15) is 4.79 Å². The lowest BCUT2D eigenvalue weighted by Crippen LogP contribution is -2.47. The van der Waals surface area contributed by atoms with Crippen LogP contribution in [0.25, 0.3) is 0 Å². The number of thioether (sulfide) groups is 1. The Morgan fingerprint density at radius 1 is 1.29 bits per heavy atom. The second-order valence-electron chi connectivity index (χ2n) is 6.61. The minimum atomic E-state index is 0.0527. The average Bonchev–Trinajstić information content (AvgIpc) is 3.10. The Balaban J connectivity index is 1.57. The lowest BCUT2D eigenvalue weighted by atomic mass is 10.1. The van der Waals surface area contributed by atoms with Crippen LogP contribution in [0.3, 0.4) is 0 Å². The van der Waals surface area contributed by atoms with E-state index in [1.54, 1.807) is 19.0 Å². The van der Waals surface area contributed by atoms with Gasteiger partial charge in [-0.1, -0.05) is 12.1 Å². The smallest absolute Gasteiger partial charge is 0.285 e. The van der Waals surface area contributed by atoms with Gasteiger partial charge in [-0.15, -0.1) is 0 Å². The molecule has 0 unspecified atom stereocenters. The van der Waals surface area contributed by atoms with E-state index in [0.29, 0.717) is 0 Å². The summed E-state index contributed by atoms with van der Waals surface area (Å²) in [7, 11) is 3.55. The summed E-state index contributed by atoms with van der Waals surface area (Å²) in [5.74, 6) is 0. The lowest BCUT2D eigenvalue weighted by molar-refractivity contribution is -0.0960. The Bertz CT molecular complexity index is 561. The molecule has 5 nitrogen and oxygen atoms in total. The molecule has 3 rings (SSSR count). The van der Waals surface area contributed by atoms with Crippen molar-refractivity contribution in [1.82, 2.24) is 9.80 Å². The third-order valence-electron chi connectivity index (χ3n) is 4.43. The molecule has 0 saturated carbocycles. The van der Waals surface area contributed by atoms with Crippen LogP contribution >= 0.6 is 11.8 Å². The van der Waals surface area contributed by atoms with Gasteiger partial charge in [0.05, 0.1) is 18.8 Å². The Morgan fingerprint density at radius 2 is 2.12 bits per heavy atom. The first-order valence-corrected chi connectivity index (χ1v) is 9.37. The number of carbonyl (C=O) groups is 1. The number of ether oxygens (including phenoxy) is 2. The van der Waals surface area contributed by atoms with Gasteiger partial charge in [0.1, 0.15) is 0 Å². The number of hydrogen-bond acceptors (Lipinski definition) is 5. The SMILES string of the molecule is CN(C)C(=O)Sc1cccc(CN2CCO[C@H]([C@H]3CCCO3)C2)c1. The normalized spacial score (nSPS) is 24.9. The molecule has 0 bridgehead atoms. The highest BCUT2D eigenvalue weighted by Gasteiger charge is 2.31. The summed E-state index contributed by atoms with van der Waals surface area (Å²) in [4.78, 5) is 16.9. The van der Waals surface area contributed by atoms with Crippen LogP contribution in [0.15, 0.2) is 29.2 Å². The van der Waals surface area contributed by atoms with Gasteiger partial charge in [-0.05, 0) is 42.3 Å². The van der Waals surface area contributed by atoms with E-state index in [0.717, 1.165) is 50.6 Å². The van der Waals surface area contributed by atoms with E-state index in [1.807, 2.05) is 12.1 Å². The highest BCUT2D eigenvalue weighted by Crippen LogP contribution is 2.24. The van der Waals surface area contributed by atoms with E-state index in [1.165, 1.54) is 17.3 Å². The van der Waals surface area contributed by atoms with E-state index >= 15 is 0 Å². The zero-order chi connectivity index (χ0) is 16.9. The molecule has 0 N–H and O–H groups in total. The molecule has 2 fully saturated rings. The number of hydrogen-bond donors (Lipinski definition) is 0. The molecule has 1 amide bonds. The van der Waals surface area contributed by atoms with E-state index < -0.39 is 0 Å². The van der Waals surface area contributed by atoms with E-state index in [2.05, 4.69) is 17.0 Å². The Kier molecular flexibility index (Phi) is 6.16. The lowest BCUT2D eigenvalue weighted by Gasteiger charge is -2.35. The Labute approximate surface area is 148 Å². The van der Waals surface area contributed by atoms with Crippen molar-refractivity contribution in [1.29, 1.82) is 0 Å². The molecule has 0 spiro atoms. The van der Waals surface area contributed by atoms with Gasteiger partial charge in [-0.2, -0.15) is 0 Å². The molecule has 1 aromatic rings. The van der Waals surface area contributed by atoms with E-state index in [-0.39, 0.29) is 17.4 Å². The molecule has 2 aliphatic rings. The first kappa shape index (κ1) is 17.7. The fourth-order valence-electron chi connectivity index (χ4n) is 3.15. The fraction of sp³-hybridized carbons (Fsp3) is 0.611. The van der Waals surface area contributed by atoms with E-state index in [4.69, 9.17) is 9.47 Å². The van der Waals surface area contributed by atoms with Crippen molar-refractivity contribution >= 4 is 17.0 Å². The third-order valence-corrected chi connectivity index (χ3v) is 5.46. The predicted octanol–water partition coefficient (Wildman–Crippen LogP) is 2.84. The molecule has 0 aromatic heterocycles. The maximum absolute atomic E-state index is 11.9. The molecule has 132 valence electrons. The molecule has 2 saturated heterocycles. The van der Waals surface area contributed by atoms with Crippen LogP contribution in [0.4, 0.5) is 4.79 Å². The second kappa shape index (κ2) is 8.34. The summed E-state index contributed by atoms with van der Waals surface area (Å²) in [6.45, 7) is 4.37. The van der Waals surface area contributed by atoms with Gasteiger partial charge in [0.25, 0.3) is 5.24 Å². The molecule has 24 heavy (non-hydrogen) atoms. The number of carbonyl (C=O) groups excluding carboxylic acids is 1. The zero-order valence-corrected chi connectivity index (χ0v) is 15.3. The highest BCUT2D eigenvalue weighted by atomic mass is 32.2. The maximum Gasteiger partial charge on any atom is 0.285 e. The van der Waals surface area contributed by atoms with Crippen molar-refractivity contribution in [2.75, 3.05) is 40.4 Å². The van der Waals surface area contributed by atoms with Crippen molar-refractivity contribution in [3.63, 3.8) is 0 Å². The van der Waals surface area contributed by atoms with Crippen LogP contribution in [-0.2, 0) is 16.0 Å². The van der Waals surface area contributed by atoms with Gasteiger partial charge in [0.2, 0.25) is 0 Å². The summed E-state index contributed by atoms with van der Waals surface area (Å²) in [5, 5.41) is 0.0527. The molecular weight excluding hydrogens is 324 g/mol. The van der Waals surface area contributed by atoms with Crippen molar-refractivity contribution in [3.8, 4) is 0 Å². The molecule has 2 heterocycles. The van der Waals surface area contributed by atoms with Crippen molar-refractivity contribution in [2.45, 2.75) is 36.5 Å². The van der Waals surface area contributed by atoms with Gasteiger partial charge in [0, 0.05) is 45.2 Å². The Hall–Kier alpha value is -1.08. The van der Waals surface area contributed by atoms with Gasteiger partial charge >= 0.3 is 0 Å². The van der Waals surface area contributed by atoms with Crippen molar-refractivity contribution in [3.05, 3.63) is 29.8 Å². The number of amides is 1. The van der Waals surface area contributed by atoms with Crippen LogP contribution < -0.4 is 0 Å². The van der Waals surface area contributed by atoms with Gasteiger partial charge in [-0.25, -0.2) is 0 Å². The molecule has 2 aliphatic heterocycles. The van der Waals surface area contributed by atoms with Crippen LogP contribution in [0.2, 0.25) is 0 Å². The van der Waals surface area contributed by atoms with Crippen LogP contribution in [-0.4, -0.2) is 67.6 Å². The van der Waals surface area contributed by atoms with Crippen LogP contribution in [0.5, 0.6) is 0 Å².